The molecule has 8 heteroatoms. The maximum Gasteiger partial charge on any atom is 0.269 e. The number of halogens is 1. The van der Waals surface area contributed by atoms with Gasteiger partial charge in [0.15, 0.2) is 5.96 Å². The van der Waals surface area contributed by atoms with Gasteiger partial charge < -0.3 is 10.6 Å². The summed E-state index contributed by atoms with van der Waals surface area (Å²) in [6.45, 7) is 6.73. The molecule has 1 heterocycles. The van der Waals surface area contributed by atoms with E-state index in [2.05, 4.69) is 47.8 Å². The second kappa shape index (κ2) is 11.1. The number of non-ortho nitro benzene ring substituents is 1. The molecule has 2 N–H and O–H groups in total. The molecule has 0 saturated carbocycles. The van der Waals surface area contributed by atoms with E-state index in [4.69, 9.17) is 0 Å². The van der Waals surface area contributed by atoms with Crippen molar-refractivity contribution in [2.75, 3.05) is 0 Å². The second-order valence-corrected chi connectivity index (χ2v) is 6.99. The highest BCUT2D eigenvalue weighted by molar-refractivity contribution is 14.0. The van der Waals surface area contributed by atoms with Crippen LogP contribution in [0.2, 0.25) is 0 Å². The Morgan fingerprint density at radius 2 is 1.92 bits per heavy atom. The molecule has 2 aromatic rings. The highest BCUT2D eigenvalue weighted by Gasteiger charge is 2.13. The standard InChI is InChI=1S/C18H24N4O2S.HI/c1-4-16(17-6-5-11-25-17)21-18(20-13(2)3)19-12-14-7-9-15(10-8-14)22(23)24;/h5-11,13,16H,4,12H2,1-3H3,(H2,19,20,21);1H. The molecule has 0 aliphatic rings. The Kier molecular flexibility index (Phi) is 9.57. The van der Waals surface area contributed by atoms with Crippen LogP contribution in [0.25, 0.3) is 0 Å². The molecule has 6 nitrogen and oxygen atoms in total. The van der Waals surface area contributed by atoms with Crippen LogP contribution in [0.4, 0.5) is 5.69 Å². The maximum atomic E-state index is 10.7. The molecular formula is C18H25IN4O2S. The predicted octanol–water partition coefficient (Wildman–Crippen LogP) is 4.87. The van der Waals surface area contributed by atoms with Gasteiger partial charge >= 0.3 is 0 Å². The third kappa shape index (κ3) is 6.91. The zero-order valence-corrected chi connectivity index (χ0v) is 18.3. The number of hydrogen-bond donors (Lipinski definition) is 2. The molecule has 2 rings (SSSR count). The van der Waals surface area contributed by atoms with Crippen LogP contribution in [0.15, 0.2) is 46.8 Å². The fourth-order valence-corrected chi connectivity index (χ4v) is 3.19. The summed E-state index contributed by atoms with van der Waals surface area (Å²) in [6.07, 6.45) is 0.955. The molecule has 26 heavy (non-hydrogen) atoms. The van der Waals surface area contributed by atoms with Gasteiger partial charge in [-0.05, 0) is 37.3 Å². The van der Waals surface area contributed by atoms with E-state index in [0.29, 0.717) is 6.54 Å². The van der Waals surface area contributed by atoms with Crippen molar-refractivity contribution in [1.29, 1.82) is 0 Å². The van der Waals surface area contributed by atoms with Gasteiger partial charge in [-0.3, -0.25) is 10.1 Å². The predicted molar refractivity (Wildman–Crippen MR) is 118 cm³/mol. The summed E-state index contributed by atoms with van der Waals surface area (Å²) in [5.41, 5.74) is 1.02. The van der Waals surface area contributed by atoms with Gasteiger partial charge in [0, 0.05) is 23.1 Å². The molecule has 1 atom stereocenters. The summed E-state index contributed by atoms with van der Waals surface area (Å²) < 4.78 is 0. The van der Waals surface area contributed by atoms with Crippen LogP contribution in [0.3, 0.4) is 0 Å². The van der Waals surface area contributed by atoms with E-state index in [9.17, 15) is 10.1 Å². The summed E-state index contributed by atoms with van der Waals surface area (Å²) >= 11 is 1.73. The van der Waals surface area contributed by atoms with Crippen molar-refractivity contribution in [2.45, 2.75) is 45.8 Å². The molecule has 0 radical (unpaired) electrons. The largest absolute Gasteiger partial charge is 0.354 e. The molecular weight excluding hydrogens is 463 g/mol. The lowest BCUT2D eigenvalue weighted by molar-refractivity contribution is -0.384. The molecule has 0 fully saturated rings. The van der Waals surface area contributed by atoms with E-state index in [1.807, 2.05) is 6.07 Å². The lowest BCUT2D eigenvalue weighted by atomic mass is 10.2. The lowest BCUT2D eigenvalue weighted by Crippen LogP contribution is -2.42. The first-order chi connectivity index (χ1) is 12.0. The van der Waals surface area contributed by atoms with Crippen LogP contribution in [-0.4, -0.2) is 16.9 Å². The Hall–Kier alpha value is -1.68. The van der Waals surface area contributed by atoms with Crippen molar-refractivity contribution >= 4 is 47.0 Å². The summed E-state index contributed by atoms with van der Waals surface area (Å²) in [5, 5.41) is 19.6. The smallest absolute Gasteiger partial charge is 0.269 e. The van der Waals surface area contributed by atoms with Crippen LogP contribution >= 0.6 is 35.3 Å². The molecule has 0 aliphatic carbocycles. The first-order valence-electron chi connectivity index (χ1n) is 8.33. The number of guanidine groups is 1. The van der Waals surface area contributed by atoms with Crippen LogP contribution < -0.4 is 10.6 Å². The minimum atomic E-state index is -0.396. The number of nitrogens with one attached hydrogen (secondary N) is 2. The quantitative estimate of drug-likeness (QED) is 0.192. The van der Waals surface area contributed by atoms with Crippen LogP contribution in [0.1, 0.15) is 43.7 Å². The molecule has 0 bridgehead atoms. The highest BCUT2D eigenvalue weighted by Crippen LogP contribution is 2.21. The summed E-state index contributed by atoms with van der Waals surface area (Å²) in [5.74, 6) is 0.744. The van der Waals surface area contributed by atoms with E-state index < -0.39 is 4.92 Å². The number of nitrogens with zero attached hydrogens (tertiary/aromatic N) is 2. The number of rotatable bonds is 7. The minimum absolute atomic E-state index is 0. The maximum absolute atomic E-state index is 10.7. The Morgan fingerprint density at radius 1 is 1.23 bits per heavy atom. The Bertz CT molecular complexity index is 702. The fraction of sp³-hybridized carbons (Fsp3) is 0.389. The summed E-state index contributed by atoms with van der Waals surface area (Å²) in [4.78, 5) is 16.2. The first kappa shape index (κ1) is 22.4. The molecule has 0 aliphatic heterocycles. The van der Waals surface area contributed by atoms with Crippen LogP contribution in [-0.2, 0) is 6.54 Å². The average molecular weight is 488 g/mol. The van der Waals surface area contributed by atoms with E-state index in [-0.39, 0.29) is 41.7 Å². The van der Waals surface area contributed by atoms with E-state index >= 15 is 0 Å². The van der Waals surface area contributed by atoms with Gasteiger partial charge in [0.2, 0.25) is 0 Å². The van der Waals surface area contributed by atoms with Gasteiger partial charge in [-0.2, -0.15) is 0 Å². The summed E-state index contributed by atoms with van der Waals surface area (Å²) in [7, 11) is 0. The third-order valence-corrected chi connectivity index (χ3v) is 4.58. The molecule has 0 amide bonds. The number of thiophene rings is 1. The van der Waals surface area contributed by atoms with Crippen molar-refractivity contribution in [3.8, 4) is 0 Å². The molecule has 142 valence electrons. The molecule has 0 spiro atoms. The van der Waals surface area contributed by atoms with Crippen molar-refractivity contribution in [1.82, 2.24) is 10.6 Å². The van der Waals surface area contributed by atoms with Crippen molar-refractivity contribution < 1.29 is 4.92 Å². The second-order valence-electron chi connectivity index (χ2n) is 6.01. The van der Waals surface area contributed by atoms with Gasteiger partial charge in [-0.1, -0.05) is 25.1 Å². The normalized spacial score (nSPS) is 12.4. The monoisotopic (exact) mass is 488 g/mol. The summed E-state index contributed by atoms with van der Waals surface area (Å²) in [6, 6.07) is 11.1. The Balaban J connectivity index is 0.00000338. The number of benzene rings is 1. The van der Waals surface area contributed by atoms with Crippen molar-refractivity contribution in [2.24, 2.45) is 4.99 Å². The Labute approximate surface area is 175 Å². The zero-order chi connectivity index (χ0) is 18.2. The SMILES string of the molecule is CCC(NC(=NCc1ccc([N+](=O)[O-])cc1)NC(C)C)c1cccs1.I. The van der Waals surface area contributed by atoms with Gasteiger partial charge in [-0.15, -0.1) is 35.3 Å². The van der Waals surface area contributed by atoms with E-state index in [1.54, 1.807) is 23.5 Å². The highest BCUT2D eigenvalue weighted by atomic mass is 127. The van der Waals surface area contributed by atoms with E-state index in [0.717, 1.165) is 17.9 Å². The van der Waals surface area contributed by atoms with Crippen molar-refractivity contribution in [3.05, 3.63) is 62.3 Å². The number of nitro benzene ring substituents is 1. The number of nitro groups is 1. The molecule has 1 aromatic heterocycles. The fourth-order valence-electron chi connectivity index (χ4n) is 2.33. The van der Waals surface area contributed by atoms with Gasteiger partial charge in [0.05, 0.1) is 17.5 Å². The molecule has 1 unspecified atom stereocenters. The van der Waals surface area contributed by atoms with Gasteiger partial charge in [0.25, 0.3) is 5.69 Å². The topological polar surface area (TPSA) is 79.6 Å². The lowest BCUT2D eigenvalue weighted by Gasteiger charge is -2.21. The average Bonchev–Trinajstić information content (AvgIpc) is 3.11. The van der Waals surface area contributed by atoms with Crippen LogP contribution in [0.5, 0.6) is 0 Å². The zero-order valence-electron chi connectivity index (χ0n) is 15.1. The van der Waals surface area contributed by atoms with Gasteiger partial charge in [0.1, 0.15) is 0 Å². The minimum Gasteiger partial charge on any atom is -0.354 e. The van der Waals surface area contributed by atoms with Gasteiger partial charge in [-0.25, -0.2) is 4.99 Å². The van der Waals surface area contributed by atoms with Crippen LogP contribution in [0, 0.1) is 10.1 Å². The van der Waals surface area contributed by atoms with Crippen molar-refractivity contribution in [3.63, 3.8) is 0 Å². The molecule has 1 aromatic carbocycles. The number of hydrogen-bond acceptors (Lipinski definition) is 4. The van der Waals surface area contributed by atoms with E-state index in [1.165, 1.54) is 17.0 Å². The molecule has 0 saturated heterocycles. The number of aliphatic imine (C=N–C) groups is 1. The first-order valence-corrected chi connectivity index (χ1v) is 9.21. The third-order valence-electron chi connectivity index (χ3n) is 3.60. The Morgan fingerprint density at radius 3 is 2.42 bits per heavy atom.